The number of amides is 1. The molecule has 1 aromatic rings. The van der Waals surface area contributed by atoms with Crippen LogP contribution < -0.4 is 5.32 Å². The predicted molar refractivity (Wildman–Crippen MR) is 68.1 cm³/mol. The summed E-state index contributed by atoms with van der Waals surface area (Å²) in [6.07, 6.45) is 0. The van der Waals surface area contributed by atoms with Gasteiger partial charge in [0.05, 0.1) is 0 Å². The fourth-order valence-corrected chi connectivity index (χ4v) is 1.59. The quantitative estimate of drug-likeness (QED) is 0.661. The summed E-state index contributed by atoms with van der Waals surface area (Å²) in [6.45, 7) is 5.06. The second kappa shape index (κ2) is 5.17. The lowest BCUT2D eigenvalue weighted by Gasteiger charge is -2.27. The summed E-state index contributed by atoms with van der Waals surface area (Å²) in [7, 11) is 0. The molecule has 0 aliphatic heterocycles. The van der Waals surface area contributed by atoms with Gasteiger partial charge in [-0.1, -0.05) is 20.8 Å². The first kappa shape index (κ1) is 14.8. The second-order valence-corrected chi connectivity index (χ2v) is 5.35. The average molecular weight is 267 g/mol. The average Bonchev–Trinajstić information content (AvgIpc) is 2.21. The van der Waals surface area contributed by atoms with E-state index in [4.69, 9.17) is 5.11 Å². The van der Waals surface area contributed by atoms with Crippen LogP contribution in [0.25, 0.3) is 0 Å². The van der Waals surface area contributed by atoms with Crippen molar-refractivity contribution in [3.63, 3.8) is 0 Å². The molecule has 19 heavy (non-hydrogen) atoms. The van der Waals surface area contributed by atoms with Crippen LogP contribution in [0.15, 0.2) is 18.2 Å². The summed E-state index contributed by atoms with van der Waals surface area (Å²) in [6, 6.07) is 2.30. The molecule has 0 aliphatic rings. The summed E-state index contributed by atoms with van der Waals surface area (Å²) in [5.74, 6) is -2.36. The Balaban J connectivity index is 2.97. The number of rotatable bonds is 3. The number of aromatic hydroxyl groups is 2. The van der Waals surface area contributed by atoms with E-state index < -0.39 is 23.3 Å². The number of phenols is 2. The van der Waals surface area contributed by atoms with Crippen molar-refractivity contribution < 1.29 is 24.9 Å². The molecule has 1 amide bonds. The minimum Gasteiger partial charge on any atom is -0.508 e. The molecule has 0 radical (unpaired) electrons. The number of hydrogen-bond acceptors (Lipinski definition) is 4. The van der Waals surface area contributed by atoms with Gasteiger partial charge >= 0.3 is 5.97 Å². The molecule has 6 nitrogen and oxygen atoms in total. The van der Waals surface area contributed by atoms with Crippen LogP contribution in [0, 0.1) is 5.41 Å². The summed E-state index contributed by atoms with van der Waals surface area (Å²) in [5.41, 5.74) is -0.673. The lowest BCUT2D eigenvalue weighted by molar-refractivity contribution is -0.142. The number of benzene rings is 1. The highest BCUT2D eigenvalue weighted by atomic mass is 16.4. The molecular weight excluding hydrogens is 250 g/mol. The lowest BCUT2D eigenvalue weighted by atomic mass is 9.86. The van der Waals surface area contributed by atoms with Crippen LogP contribution in [-0.2, 0) is 4.79 Å². The Kier molecular flexibility index (Phi) is 4.04. The second-order valence-electron chi connectivity index (χ2n) is 5.35. The van der Waals surface area contributed by atoms with Gasteiger partial charge in [0.15, 0.2) is 0 Å². The molecule has 0 unspecified atom stereocenters. The fraction of sp³-hybridized carbons (Fsp3) is 0.385. The normalized spacial score (nSPS) is 12.8. The van der Waals surface area contributed by atoms with Crippen molar-refractivity contribution in [2.45, 2.75) is 26.8 Å². The van der Waals surface area contributed by atoms with Gasteiger partial charge in [0, 0.05) is 11.6 Å². The largest absolute Gasteiger partial charge is 0.508 e. The number of hydrogen-bond donors (Lipinski definition) is 4. The van der Waals surface area contributed by atoms with Crippen LogP contribution in [0.2, 0.25) is 0 Å². The molecule has 0 saturated carbocycles. The molecule has 0 fully saturated rings. The Bertz CT molecular complexity index is 484. The molecule has 0 heterocycles. The molecule has 1 aromatic carbocycles. The summed E-state index contributed by atoms with van der Waals surface area (Å²) >= 11 is 0. The molecule has 104 valence electrons. The van der Waals surface area contributed by atoms with Crippen molar-refractivity contribution in [1.82, 2.24) is 5.32 Å². The van der Waals surface area contributed by atoms with E-state index in [0.29, 0.717) is 0 Å². The predicted octanol–water partition coefficient (Wildman–Crippen LogP) is 1.33. The Morgan fingerprint density at radius 2 is 1.58 bits per heavy atom. The van der Waals surface area contributed by atoms with Gasteiger partial charge in [0.25, 0.3) is 5.91 Å². The molecule has 1 rings (SSSR count). The Labute approximate surface area is 110 Å². The number of carbonyl (C=O) groups is 2. The molecule has 4 N–H and O–H groups in total. The van der Waals surface area contributed by atoms with Crippen molar-refractivity contribution in [3.05, 3.63) is 23.8 Å². The van der Waals surface area contributed by atoms with Gasteiger partial charge in [-0.2, -0.15) is 0 Å². The van der Waals surface area contributed by atoms with E-state index in [1.165, 1.54) is 0 Å². The zero-order chi connectivity index (χ0) is 14.8. The highest BCUT2D eigenvalue weighted by Gasteiger charge is 2.32. The summed E-state index contributed by atoms with van der Waals surface area (Å²) in [5, 5.41) is 30.0. The van der Waals surface area contributed by atoms with Gasteiger partial charge in [-0.15, -0.1) is 0 Å². The number of carboxylic acids is 1. The zero-order valence-corrected chi connectivity index (χ0v) is 11.0. The van der Waals surface area contributed by atoms with E-state index in [2.05, 4.69) is 5.32 Å². The minimum absolute atomic E-state index is 0.00648. The summed E-state index contributed by atoms with van der Waals surface area (Å²) < 4.78 is 0. The van der Waals surface area contributed by atoms with Gasteiger partial charge in [-0.05, 0) is 17.5 Å². The molecule has 0 spiro atoms. The van der Waals surface area contributed by atoms with Gasteiger partial charge in [-0.3, -0.25) is 4.79 Å². The molecule has 0 aromatic heterocycles. The number of carbonyl (C=O) groups excluding carboxylic acids is 1. The topological polar surface area (TPSA) is 107 Å². The van der Waals surface area contributed by atoms with Gasteiger partial charge in [0.2, 0.25) is 0 Å². The van der Waals surface area contributed by atoms with E-state index >= 15 is 0 Å². The maximum atomic E-state index is 11.9. The Hall–Kier alpha value is -2.24. The van der Waals surface area contributed by atoms with Crippen molar-refractivity contribution in [3.8, 4) is 11.5 Å². The van der Waals surface area contributed by atoms with E-state index in [1.807, 2.05) is 0 Å². The molecular formula is C13H17NO5. The van der Waals surface area contributed by atoms with Crippen molar-refractivity contribution in [2.75, 3.05) is 0 Å². The van der Waals surface area contributed by atoms with Crippen molar-refractivity contribution >= 4 is 11.9 Å². The maximum absolute atomic E-state index is 11.9. The van der Waals surface area contributed by atoms with Crippen molar-refractivity contribution in [1.29, 1.82) is 0 Å². The SMILES string of the molecule is CC(C)(C)[C@H](NC(=O)c1cc(O)cc(O)c1)C(=O)O. The Morgan fingerprint density at radius 1 is 1.11 bits per heavy atom. The molecule has 6 heteroatoms. The standard InChI is InChI=1S/C13H17NO5/c1-13(2,3)10(12(18)19)14-11(17)7-4-8(15)6-9(16)5-7/h4-6,10,15-16H,1-3H3,(H,14,17)(H,18,19)/t10-/m1/s1. The molecule has 0 saturated heterocycles. The molecule has 0 bridgehead atoms. The number of phenolic OH excluding ortho intramolecular Hbond substituents is 2. The molecule has 0 aliphatic carbocycles. The third-order valence-corrected chi connectivity index (χ3v) is 2.55. The first-order valence-electron chi connectivity index (χ1n) is 5.68. The first-order chi connectivity index (χ1) is 8.61. The van der Waals surface area contributed by atoms with E-state index in [1.54, 1.807) is 20.8 Å². The number of nitrogens with one attached hydrogen (secondary N) is 1. The first-order valence-corrected chi connectivity index (χ1v) is 5.68. The van der Waals surface area contributed by atoms with Crippen LogP contribution in [0.1, 0.15) is 31.1 Å². The highest BCUT2D eigenvalue weighted by molar-refractivity contribution is 5.97. The fourth-order valence-electron chi connectivity index (χ4n) is 1.59. The highest BCUT2D eigenvalue weighted by Crippen LogP contribution is 2.22. The van der Waals surface area contributed by atoms with E-state index in [9.17, 15) is 19.8 Å². The lowest BCUT2D eigenvalue weighted by Crippen LogP contribution is -2.49. The Morgan fingerprint density at radius 3 is 1.95 bits per heavy atom. The van der Waals surface area contributed by atoms with Gasteiger partial charge in [0.1, 0.15) is 17.5 Å². The van der Waals surface area contributed by atoms with E-state index in [-0.39, 0.29) is 17.1 Å². The van der Waals surface area contributed by atoms with Crippen LogP contribution in [0.3, 0.4) is 0 Å². The third kappa shape index (κ3) is 3.87. The summed E-state index contributed by atoms with van der Waals surface area (Å²) in [4.78, 5) is 23.0. The van der Waals surface area contributed by atoms with Crippen LogP contribution in [-0.4, -0.2) is 33.2 Å². The maximum Gasteiger partial charge on any atom is 0.326 e. The number of aliphatic carboxylic acids is 1. The third-order valence-electron chi connectivity index (χ3n) is 2.55. The van der Waals surface area contributed by atoms with Crippen LogP contribution in [0.5, 0.6) is 11.5 Å². The van der Waals surface area contributed by atoms with Gasteiger partial charge in [-0.25, -0.2) is 4.79 Å². The van der Waals surface area contributed by atoms with Crippen LogP contribution >= 0.6 is 0 Å². The zero-order valence-electron chi connectivity index (χ0n) is 11.0. The van der Waals surface area contributed by atoms with Crippen molar-refractivity contribution in [2.24, 2.45) is 5.41 Å². The molecule has 1 atom stereocenters. The van der Waals surface area contributed by atoms with E-state index in [0.717, 1.165) is 18.2 Å². The smallest absolute Gasteiger partial charge is 0.326 e. The van der Waals surface area contributed by atoms with Crippen LogP contribution in [0.4, 0.5) is 0 Å². The van der Waals surface area contributed by atoms with Gasteiger partial charge < -0.3 is 20.6 Å². The monoisotopic (exact) mass is 267 g/mol. The minimum atomic E-state index is -1.15. The number of carboxylic acid groups (broad SMARTS) is 1.